The van der Waals surface area contributed by atoms with Gasteiger partial charge in [-0.25, -0.2) is 9.59 Å². The topological polar surface area (TPSA) is 99.3 Å². The number of fused-ring (bicyclic) bond motifs is 2. The van der Waals surface area contributed by atoms with Crippen molar-refractivity contribution in [1.82, 2.24) is 0 Å². The van der Waals surface area contributed by atoms with Gasteiger partial charge in [-0.2, -0.15) is 0 Å². The SMILES string of the molecule is CC1=Nc2ccc(C(=O)O)cc2C1(C)C.CC1=Nc2ccc(C(=O)O)cc2C1(C)C. The highest BCUT2D eigenvalue weighted by Crippen LogP contribution is 2.41. The summed E-state index contributed by atoms with van der Waals surface area (Å²) in [4.78, 5) is 30.6. The second-order valence-electron chi connectivity index (χ2n) is 8.72. The fourth-order valence-electron chi connectivity index (χ4n) is 3.56. The third kappa shape index (κ3) is 3.54. The summed E-state index contributed by atoms with van der Waals surface area (Å²) in [5.74, 6) is -1.78. The number of benzene rings is 2. The van der Waals surface area contributed by atoms with Crippen LogP contribution in [0.4, 0.5) is 11.4 Å². The lowest BCUT2D eigenvalue weighted by molar-refractivity contribution is 0.0686. The van der Waals surface area contributed by atoms with E-state index in [-0.39, 0.29) is 10.8 Å². The lowest BCUT2D eigenvalue weighted by Gasteiger charge is -2.19. The van der Waals surface area contributed by atoms with Gasteiger partial charge in [-0.05, 0) is 61.4 Å². The summed E-state index contributed by atoms with van der Waals surface area (Å²) in [5.41, 5.74) is 6.19. The Morgan fingerprint density at radius 2 is 1.03 bits per heavy atom. The van der Waals surface area contributed by atoms with Gasteiger partial charge in [-0.3, -0.25) is 9.98 Å². The average molecular weight is 406 g/mol. The summed E-state index contributed by atoms with van der Waals surface area (Å²) in [7, 11) is 0. The number of nitrogens with zero attached hydrogens (tertiary/aromatic N) is 2. The Hall–Kier alpha value is -3.28. The van der Waals surface area contributed by atoms with Crippen molar-refractivity contribution in [3.05, 3.63) is 58.7 Å². The first kappa shape index (κ1) is 21.4. The van der Waals surface area contributed by atoms with Crippen LogP contribution in [0.1, 0.15) is 73.4 Å². The average Bonchev–Trinajstić information content (AvgIpc) is 3.04. The smallest absolute Gasteiger partial charge is 0.335 e. The number of carbonyl (C=O) groups is 2. The Morgan fingerprint density at radius 3 is 1.33 bits per heavy atom. The Kier molecular flexibility index (Phi) is 5.14. The molecule has 2 aromatic carbocycles. The number of carboxylic acid groups (broad SMARTS) is 2. The fourth-order valence-corrected chi connectivity index (χ4v) is 3.56. The van der Waals surface area contributed by atoms with Gasteiger partial charge in [0.15, 0.2) is 0 Å². The maximum atomic E-state index is 10.9. The third-order valence-electron chi connectivity index (χ3n) is 6.22. The molecule has 2 aliphatic rings. The standard InChI is InChI=1S/2C12H13NO2/c2*1-7-12(2,3)9-6-8(11(14)15)4-5-10(9)13-7/h2*4-6H,1-3H3,(H,14,15). The van der Waals surface area contributed by atoms with Crippen LogP contribution in [0.25, 0.3) is 0 Å². The van der Waals surface area contributed by atoms with Crippen LogP contribution in [0.15, 0.2) is 46.4 Å². The van der Waals surface area contributed by atoms with Crippen molar-refractivity contribution in [2.75, 3.05) is 0 Å². The van der Waals surface area contributed by atoms with Crippen molar-refractivity contribution in [3.8, 4) is 0 Å². The molecule has 0 aromatic heterocycles. The highest BCUT2D eigenvalue weighted by atomic mass is 16.4. The Labute approximate surface area is 176 Å². The molecule has 0 spiro atoms. The molecule has 156 valence electrons. The highest BCUT2D eigenvalue weighted by molar-refractivity contribution is 6.01. The van der Waals surface area contributed by atoms with Crippen molar-refractivity contribution >= 4 is 34.7 Å². The second-order valence-corrected chi connectivity index (χ2v) is 8.72. The molecule has 0 radical (unpaired) electrons. The zero-order chi connectivity index (χ0) is 22.4. The van der Waals surface area contributed by atoms with Crippen molar-refractivity contribution in [2.24, 2.45) is 9.98 Å². The number of hydrogen-bond acceptors (Lipinski definition) is 4. The summed E-state index contributed by atoms with van der Waals surface area (Å²) < 4.78 is 0. The van der Waals surface area contributed by atoms with E-state index in [0.717, 1.165) is 33.9 Å². The van der Waals surface area contributed by atoms with Gasteiger partial charge in [0.2, 0.25) is 0 Å². The molecular weight excluding hydrogens is 380 g/mol. The van der Waals surface area contributed by atoms with Crippen molar-refractivity contribution in [1.29, 1.82) is 0 Å². The van der Waals surface area contributed by atoms with Crippen LogP contribution >= 0.6 is 0 Å². The van der Waals surface area contributed by atoms with Gasteiger partial charge >= 0.3 is 11.9 Å². The molecule has 0 saturated carbocycles. The normalized spacial score (nSPS) is 17.1. The van der Waals surface area contributed by atoms with Gasteiger partial charge in [0.25, 0.3) is 0 Å². The van der Waals surface area contributed by atoms with Crippen LogP contribution in [0.5, 0.6) is 0 Å². The van der Waals surface area contributed by atoms with Crippen LogP contribution in [0.2, 0.25) is 0 Å². The number of hydrogen-bond donors (Lipinski definition) is 2. The van der Waals surface area contributed by atoms with Gasteiger partial charge in [-0.15, -0.1) is 0 Å². The van der Waals surface area contributed by atoms with Crippen LogP contribution in [0.3, 0.4) is 0 Å². The van der Waals surface area contributed by atoms with Gasteiger partial charge in [-0.1, -0.05) is 27.7 Å². The third-order valence-corrected chi connectivity index (χ3v) is 6.22. The molecule has 30 heavy (non-hydrogen) atoms. The summed E-state index contributed by atoms with van der Waals surface area (Å²) in [6, 6.07) is 10.2. The molecule has 2 aromatic rings. The quantitative estimate of drug-likeness (QED) is 0.684. The van der Waals surface area contributed by atoms with E-state index in [4.69, 9.17) is 10.2 Å². The van der Waals surface area contributed by atoms with Crippen LogP contribution in [-0.4, -0.2) is 33.6 Å². The molecule has 0 atom stereocenters. The Morgan fingerprint density at radius 1 is 0.700 bits per heavy atom. The summed E-state index contributed by atoms with van der Waals surface area (Å²) in [6.07, 6.45) is 0. The second kappa shape index (κ2) is 7.20. The van der Waals surface area contributed by atoms with Gasteiger partial charge in [0.05, 0.1) is 22.5 Å². The summed E-state index contributed by atoms with van der Waals surface area (Å²) in [5, 5.41) is 17.8. The van der Waals surface area contributed by atoms with E-state index in [9.17, 15) is 9.59 Å². The van der Waals surface area contributed by atoms with E-state index in [2.05, 4.69) is 37.7 Å². The van der Waals surface area contributed by atoms with Crippen LogP contribution in [0, 0.1) is 0 Å². The Bertz CT molecular complexity index is 1030. The summed E-state index contributed by atoms with van der Waals surface area (Å²) >= 11 is 0. The van der Waals surface area contributed by atoms with Crippen molar-refractivity contribution in [2.45, 2.75) is 52.4 Å². The largest absolute Gasteiger partial charge is 0.478 e. The molecule has 2 heterocycles. The van der Waals surface area contributed by atoms with E-state index in [0.29, 0.717) is 11.1 Å². The molecule has 0 saturated heterocycles. The van der Waals surface area contributed by atoms with E-state index < -0.39 is 11.9 Å². The molecule has 6 heteroatoms. The first-order valence-corrected chi connectivity index (χ1v) is 9.73. The molecule has 2 aliphatic heterocycles. The molecule has 0 unspecified atom stereocenters. The van der Waals surface area contributed by atoms with E-state index in [1.165, 1.54) is 0 Å². The summed E-state index contributed by atoms with van der Waals surface area (Å²) in [6.45, 7) is 12.2. The van der Waals surface area contributed by atoms with E-state index in [1.807, 2.05) is 13.8 Å². The monoisotopic (exact) mass is 406 g/mol. The maximum Gasteiger partial charge on any atom is 0.335 e. The van der Waals surface area contributed by atoms with Gasteiger partial charge < -0.3 is 10.2 Å². The number of rotatable bonds is 2. The van der Waals surface area contributed by atoms with Gasteiger partial charge in [0, 0.05) is 22.3 Å². The molecule has 0 aliphatic carbocycles. The molecular formula is C24H26N2O4. The van der Waals surface area contributed by atoms with E-state index >= 15 is 0 Å². The number of aromatic carboxylic acids is 2. The molecule has 0 fully saturated rings. The first-order valence-electron chi connectivity index (χ1n) is 9.73. The number of aliphatic imine (C=N–C) groups is 2. The lowest BCUT2D eigenvalue weighted by Crippen LogP contribution is -2.22. The molecule has 0 amide bonds. The van der Waals surface area contributed by atoms with Crippen LogP contribution in [-0.2, 0) is 10.8 Å². The predicted molar refractivity (Wildman–Crippen MR) is 118 cm³/mol. The fraction of sp³-hybridized carbons (Fsp3) is 0.333. The Balaban J connectivity index is 0.000000171. The maximum absolute atomic E-state index is 10.9. The highest BCUT2D eigenvalue weighted by Gasteiger charge is 2.33. The molecule has 2 N–H and O–H groups in total. The molecule has 6 nitrogen and oxygen atoms in total. The van der Waals surface area contributed by atoms with Crippen molar-refractivity contribution in [3.63, 3.8) is 0 Å². The first-order chi connectivity index (χ1) is 13.9. The van der Waals surface area contributed by atoms with Crippen molar-refractivity contribution < 1.29 is 19.8 Å². The minimum Gasteiger partial charge on any atom is -0.478 e. The lowest BCUT2D eigenvalue weighted by atomic mass is 9.81. The minimum absolute atomic E-state index is 0.152. The van der Waals surface area contributed by atoms with Gasteiger partial charge in [0.1, 0.15) is 0 Å². The zero-order valence-electron chi connectivity index (χ0n) is 18.1. The van der Waals surface area contributed by atoms with E-state index in [1.54, 1.807) is 36.4 Å². The predicted octanol–water partition coefficient (Wildman–Crippen LogP) is 5.54. The number of carboxylic acids is 2. The minimum atomic E-state index is -0.891. The zero-order valence-corrected chi connectivity index (χ0v) is 18.1. The molecule has 0 bridgehead atoms. The van der Waals surface area contributed by atoms with Crippen LogP contribution < -0.4 is 0 Å². The molecule has 4 rings (SSSR count).